The van der Waals surface area contributed by atoms with Gasteiger partial charge in [-0.15, -0.1) is 5.10 Å². The Kier molecular flexibility index (Phi) is 3.62. The van der Waals surface area contributed by atoms with E-state index >= 15 is 0 Å². The summed E-state index contributed by atoms with van der Waals surface area (Å²) in [7, 11) is 0. The highest BCUT2D eigenvalue weighted by atomic mass is 16.5. The molecular weight excluding hydrogens is 244 g/mol. The molecule has 1 aromatic heterocycles. The Morgan fingerprint density at radius 2 is 2.26 bits per heavy atom. The largest absolute Gasteiger partial charge is 0.379 e. The molecule has 1 amide bonds. The van der Waals surface area contributed by atoms with Gasteiger partial charge in [0, 0.05) is 6.61 Å². The highest BCUT2D eigenvalue weighted by Gasteiger charge is 2.31. The van der Waals surface area contributed by atoms with Crippen LogP contribution in [0.3, 0.4) is 0 Å². The number of amides is 1. The topological polar surface area (TPSA) is 69.0 Å². The molecule has 1 N–H and O–H groups in total. The van der Waals surface area contributed by atoms with E-state index in [4.69, 9.17) is 4.74 Å². The SMILES string of the molecule is CC1(NC(=O)c2ncn(C(C)(C)C)n2)CCCOC1. The summed E-state index contributed by atoms with van der Waals surface area (Å²) in [6.07, 6.45) is 3.47. The maximum Gasteiger partial charge on any atom is 0.291 e. The van der Waals surface area contributed by atoms with Gasteiger partial charge in [0.05, 0.1) is 17.7 Å². The van der Waals surface area contributed by atoms with Gasteiger partial charge in [0.2, 0.25) is 5.82 Å². The van der Waals surface area contributed by atoms with Crippen molar-refractivity contribution >= 4 is 5.91 Å². The Labute approximate surface area is 113 Å². The summed E-state index contributed by atoms with van der Waals surface area (Å²) in [6, 6.07) is 0. The fourth-order valence-corrected chi connectivity index (χ4v) is 2.05. The highest BCUT2D eigenvalue weighted by Crippen LogP contribution is 2.18. The first-order valence-electron chi connectivity index (χ1n) is 6.63. The number of carbonyl (C=O) groups is 1. The number of aromatic nitrogens is 3. The van der Waals surface area contributed by atoms with Crippen LogP contribution in [0.25, 0.3) is 0 Å². The first kappa shape index (κ1) is 14.0. The number of rotatable bonds is 2. The molecule has 0 radical (unpaired) electrons. The van der Waals surface area contributed by atoms with Crippen molar-refractivity contribution in [2.75, 3.05) is 13.2 Å². The summed E-state index contributed by atoms with van der Waals surface area (Å²) in [6.45, 7) is 9.34. The molecule has 1 aromatic rings. The van der Waals surface area contributed by atoms with E-state index in [1.807, 2.05) is 27.7 Å². The average Bonchev–Trinajstić information content (AvgIpc) is 2.78. The van der Waals surface area contributed by atoms with Crippen molar-refractivity contribution in [2.24, 2.45) is 0 Å². The molecule has 19 heavy (non-hydrogen) atoms. The van der Waals surface area contributed by atoms with Gasteiger partial charge >= 0.3 is 0 Å². The normalized spacial score (nSPS) is 24.2. The molecule has 0 saturated carbocycles. The van der Waals surface area contributed by atoms with Gasteiger partial charge in [0.15, 0.2) is 0 Å². The zero-order valence-electron chi connectivity index (χ0n) is 12.1. The van der Waals surface area contributed by atoms with Crippen LogP contribution < -0.4 is 5.32 Å². The van der Waals surface area contributed by atoms with Gasteiger partial charge in [0.1, 0.15) is 6.33 Å². The van der Waals surface area contributed by atoms with Crippen molar-refractivity contribution in [3.63, 3.8) is 0 Å². The van der Waals surface area contributed by atoms with E-state index < -0.39 is 0 Å². The Morgan fingerprint density at radius 3 is 2.79 bits per heavy atom. The summed E-state index contributed by atoms with van der Waals surface area (Å²) in [4.78, 5) is 16.2. The molecule has 0 bridgehead atoms. The minimum absolute atomic E-state index is 0.177. The van der Waals surface area contributed by atoms with Gasteiger partial charge in [-0.05, 0) is 40.5 Å². The molecule has 1 fully saturated rings. The van der Waals surface area contributed by atoms with Crippen molar-refractivity contribution in [3.05, 3.63) is 12.2 Å². The predicted octanol–water partition coefficient (Wildman–Crippen LogP) is 1.33. The molecule has 6 heteroatoms. The summed E-state index contributed by atoms with van der Waals surface area (Å²) in [5, 5.41) is 7.20. The van der Waals surface area contributed by atoms with Crippen LogP contribution in [0.5, 0.6) is 0 Å². The second-order valence-corrected chi connectivity index (χ2v) is 6.35. The summed E-state index contributed by atoms with van der Waals surface area (Å²) in [5.74, 6) is -0.0299. The van der Waals surface area contributed by atoms with E-state index in [1.54, 1.807) is 11.0 Å². The lowest BCUT2D eigenvalue weighted by atomic mass is 9.95. The monoisotopic (exact) mass is 266 g/mol. The van der Waals surface area contributed by atoms with E-state index in [0.29, 0.717) is 6.61 Å². The average molecular weight is 266 g/mol. The molecule has 1 atom stereocenters. The van der Waals surface area contributed by atoms with E-state index in [-0.39, 0.29) is 22.8 Å². The number of nitrogens with one attached hydrogen (secondary N) is 1. The highest BCUT2D eigenvalue weighted by molar-refractivity contribution is 5.90. The Hall–Kier alpha value is -1.43. The lowest BCUT2D eigenvalue weighted by Crippen LogP contribution is -2.51. The van der Waals surface area contributed by atoms with Crippen molar-refractivity contribution in [1.82, 2.24) is 20.1 Å². The van der Waals surface area contributed by atoms with E-state index in [0.717, 1.165) is 19.4 Å². The molecule has 0 aliphatic carbocycles. The summed E-state index contributed by atoms with van der Waals surface area (Å²) >= 11 is 0. The van der Waals surface area contributed by atoms with E-state index in [9.17, 15) is 4.79 Å². The Morgan fingerprint density at radius 1 is 1.53 bits per heavy atom. The number of hydrogen-bond donors (Lipinski definition) is 1. The zero-order chi connectivity index (χ0) is 14.1. The molecule has 6 nitrogen and oxygen atoms in total. The van der Waals surface area contributed by atoms with Crippen LogP contribution in [0.1, 0.15) is 51.2 Å². The molecule has 2 rings (SSSR count). The number of carbonyl (C=O) groups excluding carboxylic acids is 1. The van der Waals surface area contributed by atoms with E-state index in [1.165, 1.54) is 0 Å². The van der Waals surface area contributed by atoms with Crippen LogP contribution in [-0.4, -0.2) is 39.4 Å². The third kappa shape index (κ3) is 3.32. The standard InChI is InChI=1S/C13H22N4O2/c1-12(2,3)17-9-14-10(16-17)11(18)15-13(4)6-5-7-19-8-13/h9H,5-8H2,1-4H3,(H,15,18). The van der Waals surface area contributed by atoms with E-state index in [2.05, 4.69) is 15.4 Å². The van der Waals surface area contributed by atoms with Gasteiger partial charge in [0.25, 0.3) is 5.91 Å². The molecule has 1 aliphatic rings. The van der Waals surface area contributed by atoms with Crippen LogP contribution in [0.4, 0.5) is 0 Å². The van der Waals surface area contributed by atoms with Gasteiger partial charge in [-0.1, -0.05) is 0 Å². The molecule has 1 aliphatic heterocycles. The quantitative estimate of drug-likeness (QED) is 0.877. The molecule has 2 heterocycles. The van der Waals surface area contributed by atoms with Gasteiger partial charge in [-0.2, -0.15) is 0 Å². The predicted molar refractivity (Wildman–Crippen MR) is 70.9 cm³/mol. The lowest BCUT2D eigenvalue weighted by molar-refractivity contribution is 0.0269. The Bertz CT molecular complexity index is 455. The molecule has 0 aromatic carbocycles. The fourth-order valence-electron chi connectivity index (χ4n) is 2.05. The first-order valence-corrected chi connectivity index (χ1v) is 6.63. The van der Waals surface area contributed by atoms with Gasteiger partial charge in [-0.25, -0.2) is 9.67 Å². The van der Waals surface area contributed by atoms with Crippen molar-refractivity contribution in [1.29, 1.82) is 0 Å². The fraction of sp³-hybridized carbons (Fsp3) is 0.769. The number of ether oxygens (including phenoxy) is 1. The van der Waals surface area contributed by atoms with Gasteiger partial charge in [-0.3, -0.25) is 4.79 Å². The minimum atomic E-state index is -0.317. The maximum atomic E-state index is 12.2. The summed E-state index contributed by atoms with van der Waals surface area (Å²) < 4.78 is 7.12. The van der Waals surface area contributed by atoms with Crippen LogP contribution in [0.15, 0.2) is 6.33 Å². The first-order chi connectivity index (χ1) is 8.80. The lowest BCUT2D eigenvalue weighted by Gasteiger charge is -2.33. The van der Waals surface area contributed by atoms with Crippen molar-refractivity contribution < 1.29 is 9.53 Å². The third-order valence-corrected chi connectivity index (χ3v) is 3.24. The maximum absolute atomic E-state index is 12.2. The van der Waals surface area contributed by atoms with Gasteiger partial charge < -0.3 is 10.1 Å². The van der Waals surface area contributed by atoms with Crippen molar-refractivity contribution in [3.8, 4) is 0 Å². The second kappa shape index (κ2) is 4.92. The summed E-state index contributed by atoms with van der Waals surface area (Å²) in [5.41, 5.74) is -0.494. The second-order valence-electron chi connectivity index (χ2n) is 6.35. The Balaban J connectivity index is 2.05. The zero-order valence-corrected chi connectivity index (χ0v) is 12.1. The third-order valence-electron chi connectivity index (χ3n) is 3.24. The number of nitrogens with zero attached hydrogens (tertiary/aromatic N) is 3. The molecular formula is C13H22N4O2. The molecule has 1 saturated heterocycles. The minimum Gasteiger partial charge on any atom is -0.379 e. The van der Waals surface area contributed by atoms with Crippen LogP contribution >= 0.6 is 0 Å². The number of hydrogen-bond acceptors (Lipinski definition) is 4. The van der Waals surface area contributed by atoms with Crippen LogP contribution in [0, 0.1) is 0 Å². The smallest absolute Gasteiger partial charge is 0.291 e. The van der Waals surface area contributed by atoms with Crippen LogP contribution in [0.2, 0.25) is 0 Å². The van der Waals surface area contributed by atoms with Crippen LogP contribution in [-0.2, 0) is 10.3 Å². The molecule has 0 spiro atoms. The molecule has 1 unspecified atom stereocenters. The van der Waals surface area contributed by atoms with Crippen molar-refractivity contribution in [2.45, 2.75) is 51.6 Å². The molecule has 106 valence electrons.